The monoisotopic (exact) mass is 326 g/mol. The van der Waals surface area contributed by atoms with Crippen molar-refractivity contribution in [1.29, 1.82) is 0 Å². The zero-order chi connectivity index (χ0) is 16.9. The highest BCUT2D eigenvalue weighted by Crippen LogP contribution is 2.33. The van der Waals surface area contributed by atoms with Crippen LogP contribution in [0.3, 0.4) is 0 Å². The number of nitrogens with zero attached hydrogens (tertiary/aromatic N) is 5. The Morgan fingerprint density at radius 1 is 1.33 bits per heavy atom. The molecular formula is C15H14N6O3. The van der Waals surface area contributed by atoms with Gasteiger partial charge in [0.15, 0.2) is 0 Å². The first-order valence-electron chi connectivity index (χ1n) is 7.17. The maximum Gasteiger partial charge on any atom is 0.354 e. The van der Waals surface area contributed by atoms with Crippen LogP contribution in [0.5, 0.6) is 5.75 Å². The van der Waals surface area contributed by atoms with Crippen LogP contribution in [-0.2, 0) is 0 Å². The van der Waals surface area contributed by atoms with Gasteiger partial charge in [0.05, 0.1) is 17.2 Å². The van der Waals surface area contributed by atoms with Crippen molar-refractivity contribution < 1.29 is 9.66 Å². The predicted octanol–water partition coefficient (Wildman–Crippen LogP) is 2.71. The Balaban J connectivity index is 2.06. The van der Waals surface area contributed by atoms with Crippen molar-refractivity contribution in [2.75, 3.05) is 11.9 Å². The first kappa shape index (κ1) is 15.4. The minimum absolute atomic E-state index is 0.0749. The summed E-state index contributed by atoms with van der Waals surface area (Å²) in [6, 6.07) is 7.15. The molecule has 0 aliphatic rings. The smallest absolute Gasteiger partial charge is 0.354 e. The van der Waals surface area contributed by atoms with Gasteiger partial charge in [0.1, 0.15) is 18.4 Å². The lowest BCUT2D eigenvalue weighted by Crippen LogP contribution is -2.07. The molecule has 9 nitrogen and oxygen atoms in total. The number of benzene rings is 1. The lowest BCUT2D eigenvalue weighted by atomic mass is 10.3. The Bertz CT molecular complexity index is 850. The highest BCUT2D eigenvalue weighted by atomic mass is 16.6. The molecule has 0 aliphatic carbocycles. The van der Waals surface area contributed by atoms with Gasteiger partial charge in [-0.15, -0.1) is 0 Å². The van der Waals surface area contributed by atoms with Gasteiger partial charge in [-0.3, -0.25) is 14.7 Å². The van der Waals surface area contributed by atoms with E-state index in [0.717, 1.165) is 0 Å². The summed E-state index contributed by atoms with van der Waals surface area (Å²) in [5.41, 5.74) is 0.333. The highest BCUT2D eigenvalue weighted by molar-refractivity contribution is 5.73. The van der Waals surface area contributed by atoms with Crippen molar-refractivity contribution in [3.63, 3.8) is 0 Å². The summed E-state index contributed by atoms with van der Waals surface area (Å²) in [4.78, 5) is 22.9. The zero-order valence-corrected chi connectivity index (χ0v) is 12.8. The standard InChI is InChI=1S/C15H14N6O3/c1-2-24-12-6-4-3-5-11(12)19-14-13(21(22)23)15(18-9-17-14)20-8-7-16-10-20/h3-10H,2H2,1H3,(H,17,18,19). The average molecular weight is 326 g/mol. The molecule has 0 bridgehead atoms. The van der Waals surface area contributed by atoms with E-state index in [2.05, 4.69) is 20.3 Å². The van der Waals surface area contributed by atoms with Crippen LogP contribution in [-0.4, -0.2) is 31.0 Å². The third kappa shape index (κ3) is 3.00. The van der Waals surface area contributed by atoms with Crippen LogP contribution in [0.4, 0.5) is 17.2 Å². The fourth-order valence-electron chi connectivity index (χ4n) is 2.18. The third-order valence-electron chi connectivity index (χ3n) is 3.17. The molecule has 0 aliphatic heterocycles. The van der Waals surface area contributed by atoms with Crippen molar-refractivity contribution in [3.8, 4) is 11.6 Å². The Kier molecular flexibility index (Phi) is 4.32. The van der Waals surface area contributed by atoms with Gasteiger partial charge in [-0.05, 0) is 19.1 Å². The van der Waals surface area contributed by atoms with Crippen LogP contribution in [0, 0.1) is 10.1 Å². The lowest BCUT2D eigenvalue weighted by Gasteiger charge is -2.12. The summed E-state index contributed by atoms with van der Waals surface area (Å²) in [5.74, 6) is 0.784. The summed E-state index contributed by atoms with van der Waals surface area (Å²) in [5, 5.41) is 14.5. The molecule has 2 heterocycles. The SMILES string of the molecule is CCOc1ccccc1Nc1ncnc(-n2ccnc2)c1[N+](=O)[O-]. The Labute approximate surface area is 137 Å². The quantitative estimate of drug-likeness (QED) is 0.548. The number of ether oxygens (including phenoxy) is 1. The number of hydrogen-bond donors (Lipinski definition) is 1. The molecule has 2 aromatic heterocycles. The van der Waals surface area contributed by atoms with Crippen LogP contribution >= 0.6 is 0 Å². The number of para-hydroxylation sites is 2. The molecular weight excluding hydrogens is 312 g/mol. The average Bonchev–Trinajstić information content (AvgIpc) is 3.11. The van der Waals surface area contributed by atoms with E-state index in [1.165, 1.54) is 23.4 Å². The van der Waals surface area contributed by atoms with Gasteiger partial charge in [-0.1, -0.05) is 12.1 Å². The summed E-state index contributed by atoms with van der Waals surface area (Å²) < 4.78 is 6.98. The van der Waals surface area contributed by atoms with Crippen molar-refractivity contribution in [3.05, 3.63) is 59.4 Å². The van der Waals surface area contributed by atoms with E-state index in [1.54, 1.807) is 24.4 Å². The van der Waals surface area contributed by atoms with Gasteiger partial charge in [0, 0.05) is 12.4 Å². The van der Waals surface area contributed by atoms with E-state index >= 15 is 0 Å². The van der Waals surface area contributed by atoms with Crippen molar-refractivity contribution in [2.24, 2.45) is 0 Å². The minimum atomic E-state index is -0.527. The molecule has 0 fully saturated rings. The minimum Gasteiger partial charge on any atom is -0.492 e. The first-order chi connectivity index (χ1) is 11.7. The summed E-state index contributed by atoms with van der Waals surface area (Å²) in [6.45, 7) is 2.34. The molecule has 24 heavy (non-hydrogen) atoms. The second-order valence-electron chi connectivity index (χ2n) is 4.68. The number of rotatable bonds is 6. The molecule has 0 spiro atoms. The van der Waals surface area contributed by atoms with Crippen LogP contribution in [0.25, 0.3) is 5.82 Å². The number of imidazole rings is 1. The van der Waals surface area contributed by atoms with Gasteiger partial charge < -0.3 is 10.1 Å². The molecule has 0 saturated heterocycles. The highest BCUT2D eigenvalue weighted by Gasteiger charge is 2.24. The van der Waals surface area contributed by atoms with Crippen molar-refractivity contribution in [1.82, 2.24) is 19.5 Å². The number of nitro groups is 1. The summed E-state index contributed by atoms with van der Waals surface area (Å²) >= 11 is 0. The van der Waals surface area contributed by atoms with Crippen LogP contribution in [0.15, 0.2) is 49.3 Å². The second kappa shape index (κ2) is 6.73. The van der Waals surface area contributed by atoms with Gasteiger partial charge >= 0.3 is 5.69 Å². The van der Waals surface area contributed by atoms with Gasteiger partial charge in [-0.25, -0.2) is 15.0 Å². The molecule has 1 N–H and O–H groups in total. The summed E-state index contributed by atoms with van der Waals surface area (Å²) in [7, 11) is 0. The maximum atomic E-state index is 11.6. The van der Waals surface area contributed by atoms with Crippen LogP contribution in [0.1, 0.15) is 6.92 Å². The fraction of sp³-hybridized carbons (Fsp3) is 0.133. The maximum absolute atomic E-state index is 11.6. The van der Waals surface area contributed by atoms with Gasteiger partial charge in [0.2, 0.25) is 11.6 Å². The lowest BCUT2D eigenvalue weighted by molar-refractivity contribution is -0.384. The molecule has 0 radical (unpaired) electrons. The zero-order valence-electron chi connectivity index (χ0n) is 12.8. The third-order valence-corrected chi connectivity index (χ3v) is 3.17. The molecule has 3 aromatic rings. The molecule has 0 atom stereocenters. The van der Waals surface area contributed by atoms with Gasteiger partial charge in [-0.2, -0.15) is 0 Å². The molecule has 0 saturated carbocycles. The predicted molar refractivity (Wildman–Crippen MR) is 86.7 cm³/mol. The molecule has 3 rings (SSSR count). The van der Waals surface area contributed by atoms with E-state index in [1.807, 2.05) is 13.0 Å². The number of anilines is 2. The van der Waals surface area contributed by atoms with Crippen molar-refractivity contribution >= 4 is 17.2 Å². The topological polar surface area (TPSA) is 108 Å². The number of nitrogens with one attached hydrogen (secondary N) is 1. The van der Waals surface area contributed by atoms with Gasteiger partial charge in [0.25, 0.3) is 0 Å². The Morgan fingerprint density at radius 3 is 2.88 bits per heavy atom. The summed E-state index contributed by atoms with van der Waals surface area (Å²) in [6.07, 6.45) is 5.79. The second-order valence-corrected chi connectivity index (χ2v) is 4.68. The van der Waals surface area contributed by atoms with Crippen LogP contribution < -0.4 is 10.1 Å². The number of aromatic nitrogens is 4. The Morgan fingerprint density at radius 2 is 2.17 bits per heavy atom. The normalized spacial score (nSPS) is 10.4. The molecule has 0 amide bonds. The Hall–Kier alpha value is -3.49. The molecule has 9 heteroatoms. The molecule has 0 unspecified atom stereocenters. The van der Waals surface area contributed by atoms with E-state index in [-0.39, 0.29) is 17.3 Å². The van der Waals surface area contributed by atoms with E-state index < -0.39 is 4.92 Å². The van der Waals surface area contributed by atoms with Crippen molar-refractivity contribution in [2.45, 2.75) is 6.92 Å². The van der Waals surface area contributed by atoms with E-state index in [0.29, 0.717) is 18.0 Å². The first-order valence-corrected chi connectivity index (χ1v) is 7.17. The fourth-order valence-corrected chi connectivity index (χ4v) is 2.18. The number of hydrogen-bond acceptors (Lipinski definition) is 7. The van der Waals surface area contributed by atoms with E-state index in [9.17, 15) is 10.1 Å². The largest absolute Gasteiger partial charge is 0.492 e. The van der Waals surface area contributed by atoms with Crippen LogP contribution in [0.2, 0.25) is 0 Å². The molecule has 122 valence electrons. The van der Waals surface area contributed by atoms with E-state index in [4.69, 9.17) is 4.74 Å². The molecule has 1 aromatic carbocycles.